The molecule has 0 bridgehead atoms. The van der Waals surface area contributed by atoms with Gasteiger partial charge in [-0.2, -0.15) is 0 Å². The Hall–Kier alpha value is -1.62. The molecule has 0 saturated carbocycles. The zero-order valence-corrected chi connectivity index (χ0v) is 6.93. The zero-order valence-electron chi connectivity index (χ0n) is 6.93. The molecule has 0 fully saturated rings. The average Bonchev–Trinajstić information content (AvgIpc) is 2.15. The van der Waals surface area contributed by atoms with Crippen molar-refractivity contribution in [1.82, 2.24) is 4.98 Å². The Balaban J connectivity index is 2.73. The molecule has 0 amide bonds. The maximum absolute atomic E-state index is 10.5. The molecule has 5 nitrogen and oxygen atoms in total. The molecule has 3 N–H and O–H groups in total. The first-order valence-corrected chi connectivity index (χ1v) is 3.77. The van der Waals surface area contributed by atoms with E-state index in [0.29, 0.717) is 13.2 Å². The first-order valence-electron chi connectivity index (χ1n) is 3.77. The summed E-state index contributed by atoms with van der Waals surface area (Å²) in [5.41, 5.74) is 5.17. The summed E-state index contributed by atoms with van der Waals surface area (Å²) < 4.78 is 5.05. The van der Waals surface area contributed by atoms with E-state index < -0.39 is 5.97 Å². The van der Waals surface area contributed by atoms with Gasteiger partial charge in [0.05, 0.1) is 0 Å². The van der Waals surface area contributed by atoms with Crippen LogP contribution < -0.4 is 10.5 Å². The lowest BCUT2D eigenvalue weighted by atomic mass is 10.3. The molecule has 0 radical (unpaired) electrons. The van der Waals surface area contributed by atoms with Crippen LogP contribution in [0.4, 0.5) is 0 Å². The highest BCUT2D eigenvalue weighted by Crippen LogP contribution is 2.06. The molecule has 0 aromatic carbocycles. The average molecular weight is 182 g/mol. The van der Waals surface area contributed by atoms with Crippen LogP contribution in [0.3, 0.4) is 0 Å². The van der Waals surface area contributed by atoms with Crippen LogP contribution in [-0.4, -0.2) is 29.2 Å². The number of ether oxygens (including phenoxy) is 1. The molecule has 0 unspecified atom stereocenters. The van der Waals surface area contributed by atoms with Crippen LogP contribution in [0.15, 0.2) is 18.2 Å². The van der Waals surface area contributed by atoms with Gasteiger partial charge in [-0.15, -0.1) is 0 Å². The van der Waals surface area contributed by atoms with Crippen LogP contribution in [0, 0.1) is 0 Å². The number of nitrogens with two attached hydrogens (primary N) is 1. The molecule has 0 atom stereocenters. The van der Waals surface area contributed by atoms with E-state index >= 15 is 0 Å². The fourth-order valence-electron chi connectivity index (χ4n) is 0.778. The molecule has 70 valence electrons. The highest BCUT2D eigenvalue weighted by atomic mass is 16.5. The SMILES string of the molecule is NCCOc1cccc(C(=O)O)n1. The van der Waals surface area contributed by atoms with Crippen LogP contribution >= 0.6 is 0 Å². The normalized spacial score (nSPS) is 9.62. The Morgan fingerprint density at radius 2 is 2.38 bits per heavy atom. The van der Waals surface area contributed by atoms with E-state index in [2.05, 4.69) is 4.98 Å². The van der Waals surface area contributed by atoms with Crippen molar-refractivity contribution in [3.63, 3.8) is 0 Å². The smallest absolute Gasteiger partial charge is 0.354 e. The van der Waals surface area contributed by atoms with Crippen molar-refractivity contribution in [2.24, 2.45) is 5.73 Å². The second kappa shape index (κ2) is 4.42. The highest BCUT2D eigenvalue weighted by molar-refractivity contribution is 5.85. The summed E-state index contributed by atoms with van der Waals surface area (Å²) in [6.45, 7) is 0.703. The van der Waals surface area contributed by atoms with Crippen molar-refractivity contribution >= 4 is 5.97 Å². The quantitative estimate of drug-likeness (QED) is 0.690. The van der Waals surface area contributed by atoms with Gasteiger partial charge in [-0.25, -0.2) is 9.78 Å². The van der Waals surface area contributed by atoms with E-state index in [0.717, 1.165) is 0 Å². The summed E-state index contributed by atoms with van der Waals surface area (Å²) in [4.78, 5) is 14.2. The lowest BCUT2D eigenvalue weighted by molar-refractivity contribution is 0.0689. The van der Waals surface area contributed by atoms with Crippen LogP contribution in [0.2, 0.25) is 0 Å². The van der Waals surface area contributed by atoms with Gasteiger partial charge in [0.15, 0.2) is 5.69 Å². The molecule has 0 aliphatic heterocycles. The molecule has 13 heavy (non-hydrogen) atoms. The Morgan fingerprint density at radius 1 is 1.62 bits per heavy atom. The summed E-state index contributed by atoms with van der Waals surface area (Å²) in [6.07, 6.45) is 0. The van der Waals surface area contributed by atoms with Gasteiger partial charge in [-0.1, -0.05) is 6.07 Å². The summed E-state index contributed by atoms with van der Waals surface area (Å²) in [7, 11) is 0. The van der Waals surface area contributed by atoms with Crippen molar-refractivity contribution in [3.05, 3.63) is 23.9 Å². The number of aromatic carboxylic acids is 1. The molecular weight excluding hydrogens is 172 g/mol. The van der Waals surface area contributed by atoms with Crippen LogP contribution in [0.5, 0.6) is 5.88 Å². The molecule has 1 aromatic rings. The first kappa shape index (κ1) is 9.47. The molecule has 1 heterocycles. The second-order valence-corrected chi connectivity index (χ2v) is 2.30. The minimum Gasteiger partial charge on any atom is -0.477 e. The molecule has 0 aliphatic carbocycles. The summed E-state index contributed by atoms with van der Waals surface area (Å²) >= 11 is 0. The minimum absolute atomic E-state index is 0.0329. The van der Waals surface area contributed by atoms with Crippen molar-refractivity contribution in [2.45, 2.75) is 0 Å². The standard InChI is InChI=1S/C8H10N2O3/c9-4-5-13-7-3-1-2-6(10-7)8(11)12/h1-3H,4-5,9H2,(H,11,12). The number of aromatic nitrogens is 1. The van der Waals surface area contributed by atoms with Gasteiger partial charge in [0, 0.05) is 12.6 Å². The van der Waals surface area contributed by atoms with E-state index in [1.807, 2.05) is 0 Å². The number of hydrogen-bond donors (Lipinski definition) is 2. The predicted molar refractivity (Wildman–Crippen MR) is 45.7 cm³/mol. The lowest BCUT2D eigenvalue weighted by Gasteiger charge is -2.02. The molecule has 5 heteroatoms. The predicted octanol–water partition coefficient (Wildman–Crippen LogP) is 0.117. The number of carbonyl (C=O) groups is 1. The van der Waals surface area contributed by atoms with Gasteiger partial charge in [-0.3, -0.25) is 0 Å². The van der Waals surface area contributed by atoms with Crippen molar-refractivity contribution in [3.8, 4) is 5.88 Å². The number of hydrogen-bond acceptors (Lipinski definition) is 4. The fourth-order valence-corrected chi connectivity index (χ4v) is 0.778. The molecular formula is C8H10N2O3. The van der Waals surface area contributed by atoms with Gasteiger partial charge in [0.25, 0.3) is 0 Å². The van der Waals surface area contributed by atoms with Gasteiger partial charge in [0.2, 0.25) is 5.88 Å². The van der Waals surface area contributed by atoms with Gasteiger partial charge >= 0.3 is 5.97 Å². The van der Waals surface area contributed by atoms with Gasteiger partial charge in [-0.05, 0) is 6.07 Å². The third-order valence-corrected chi connectivity index (χ3v) is 1.31. The molecule has 0 aliphatic rings. The summed E-state index contributed by atoms with van der Waals surface area (Å²) in [6, 6.07) is 4.56. The Bertz CT molecular complexity index is 301. The van der Waals surface area contributed by atoms with Gasteiger partial charge in [0.1, 0.15) is 6.61 Å². The third kappa shape index (κ3) is 2.72. The number of pyridine rings is 1. The van der Waals surface area contributed by atoms with Crippen molar-refractivity contribution in [2.75, 3.05) is 13.2 Å². The number of rotatable bonds is 4. The largest absolute Gasteiger partial charge is 0.477 e. The zero-order chi connectivity index (χ0) is 9.68. The van der Waals surface area contributed by atoms with E-state index in [4.69, 9.17) is 15.6 Å². The fraction of sp³-hybridized carbons (Fsp3) is 0.250. The monoisotopic (exact) mass is 182 g/mol. The molecule has 1 aromatic heterocycles. The van der Waals surface area contributed by atoms with Crippen molar-refractivity contribution < 1.29 is 14.6 Å². The van der Waals surface area contributed by atoms with Crippen LogP contribution in [-0.2, 0) is 0 Å². The molecule has 0 spiro atoms. The summed E-state index contributed by atoms with van der Waals surface area (Å²) in [5.74, 6) is -0.788. The first-order chi connectivity index (χ1) is 6.24. The lowest BCUT2D eigenvalue weighted by Crippen LogP contribution is -2.12. The van der Waals surface area contributed by atoms with Crippen LogP contribution in [0.1, 0.15) is 10.5 Å². The Labute approximate surface area is 75.2 Å². The minimum atomic E-state index is -1.07. The number of carboxylic acid groups (broad SMARTS) is 1. The maximum atomic E-state index is 10.5. The van der Waals surface area contributed by atoms with E-state index in [9.17, 15) is 4.79 Å². The van der Waals surface area contributed by atoms with Crippen molar-refractivity contribution in [1.29, 1.82) is 0 Å². The second-order valence-electron chi connectivity index (χ2n) is 2.30. The Morgan fingerprint density at radius 3 is 3.00 bits per heavy atom. The van der Waals surface area contributed by atoms with Crippen LogP contribution in [0.25, 0.3) is 0 Å². The maximum Gasteiger partial charge on any atom is 0.354 e. The van der Waals surface area contributed by atoms with E-state index in [-0.39, 0.29) is 11.6 Å². The third-order valence-electron chi connectivity index (χ3n) is 1.31. The van der Waals surface area contributed by atoms with E-state index in [1.54, 1.807) is 12.1 Å². The number of nitrogens with zero attached hydrogens (tertiary/aromatic N) is 1. The molecule has 1 rings (SSSR count). The molecule has 0 saturated heterocycles. The Kier molecular flexibility index (Phi) is 3.22. The number of carboxylic acids is 1. The summed E-state index contributed by atoms with van der Waals surface area (Å²) in [5, 5.41) is 8.59. The highest BCUT2D eigenvalue weighted by Gasteiger charge is 2.04. The topological polar surface area (TPSA) is 85.4 Å². The van der Waals surface area contributed by atoms with E-state index in [1.165, 1.54) is 6.07 Å². The van der Waals surface area contributed by atoms with Gasteiger partial charge < -0.3 is 15.6 Å².